The molecule has 0 saturated heterocycles. The molecule has 1 aromatic rings. The van der Waals surface area contributed by atoms with Crippen molar-refractivity contribution in [2.24, 2.45) is 5.73 Å². The topological polar surface area (TPSA) is 46.2 Å². The van der Waals surface area contributed by atoms with Crippen molar-refractivity contribution >= 4 is 23.2 Å². The van der Waals surface area contributed by atoms with E-state index in [0.717, 1.165) is 12.1 Å². The molecule has 8 heteroatoms. The Hall–Kier alpha value is -0.560. The summed E-state index contributed by atoms with van der Waals surface area (Å²) < 4.78 is 50.1. The van der Waals surface area contributed by atoms with E-state index < -0.39 is 34.7 Å². The van der Waals surface area contributed by atoms with Crippen molar-refractivity contribution in [3.8, 4) is 0 Å². The van der Waals surface area contributed by atoms with E-state index in [1.165, 1.54) is 0 Å². The normalized spacial score (nSPS) is 15.8. The molecule has 0 radical (unpaired) electrons. The molecule has 0 aromatic heterocycles. The first kappa shape index (κ1) is 14.5. The summed E-state index contributed by atoms with van der Waals surface area (Å²) in [7, 11) is 0. The summed E-state index contributed by atoms with van der Waals surface area (Å²) in [5.41, 5.74) is 4.48. The second kappa shape index (κ2) is 4.97. The van der Waals surface area contributed by atoms with Crippen LogP contribution in [-0.2, 0) is 0 Å². The van der Waals surface area contributed by atoms with E-state index in [1.807, 2.05) is 0 Å². The third-order valence-corrected chi connectivity index (χ3v) is 2.71. The Morgan fingerprint density at radius 2 is 1.65 bits per heavy atom. The highest BCUT2D eigenvalue weighted by Crippen LogP contribution is 2.35. The highest BCUT2D eigenvalue weighted by Gasteiger charge is 2.44. The molecule has 96 valence electrons. The van der Waals surface area contributed by atoms with Crippen LogP contribution in [0.2, 0.25) is 10.0 Å². The molecule has 0 amide bonds. The van der Waals surface area contributed by atoms with E-state index in [1.54, 1.807) is 0 Å². The molecule has 1 rings (SSSR count). The number of hydrogen-bond donors (Lipinski definition) is 2. The van der Waals surface area contributed by atoms with Gasteiger partial charge in [-0.1, -0.05) is 23.2 Å². The van der Waals surface area contributed by atoms with Crippen LogP contribution in [0.1, 0.15) is 11.6 Å². The van der Waals surface area contributed by atoms with Crippen molar-refractivity contribution in [2.75, 3.05) is 0 Å². The molecule has 0 unspecified atom stereocenters. The van der Waals surface area contributed by atoms with E-state index in [4.69, 9.17) is 34.0 Å². The van der Waals surface area contributed by atoms with Crippen LogP contribution < -0.4 is 5.73 Å². The van der Waals surface area contributed by atoms with E-state index in [-0.39, 0.29) is 5.02 Å². The minimum Gasteiger partial charge on any atom is -0.382 e. The smallest absolute Gasteiger partial charge is 0.382 e. The van der Waals surface area contributed by atoms with E-state index in [9.17, 15) is 17.6 Å². The fraction of sp³-hybridized carbons (Fsp3) is 0.333. The zero-order valence-electron chi connectivity index (χ0n) is 8.10. The maximum absolute atomic E-state index is 13.5. The van der Waals surface area contributed by atoms with E-state index in [0.29, 0.717) is 0 Å². The average Bonchev–Trinajstić information content (AvgIpc) is 2.21. The molecule has 0 saturated carbocycles. The highest BCUT2D eigenvalue weighted by molar-refractivity contribution is 6.33. The second-order valence-corrected chi connectivity index (χ2v) is 4.08. The first-order valence-electron chi connectivity index (χ1n) is 4.30. The third-order valence-electron chi connectivity index (χ3n) is 2.09. The van der Waals surface area contributed by atoms with Gasteiger partial charge in [-0.15, -0.1) is 0 Å². The van der Waals surface area contributed by atoms with Crippen LogP contribution in [0.5, 0.6) is 0 Å². The van der Waals surface area contributed by atoms with Crippen molar-refractivity contribution in [2.45, 2.75) is 18.3 Å². The van der Waals surface area contributed by atoms with Gasteiger partial charge in [-0.05, 0) is 12.1 Å². The zero-order chi connectivity index (χ0) is 13.4. The Kier molecular flexibility index (Phi) is 4.24. The number of nitrogens with two attached hydrogens (primary N) is 1. The van der Waals surface area contributed by atoms with Gasteiger partial charge in [-0.25, -0.2) is 4.39 Å². The lowest BCUT2D eigenvalue weighted by atomic mass is 10.0. The van der Waals surface area contributed by atoms with Gasteiger partial charge < -0.3 is 10.8 Å². The molecule has 2 nitrogen and oxygen atoms in total. The molecule has 0 aliphatic heterocycles. The van der Waals surface area contributed by atoms with Crippen molar-refractivity contribution in [3.63, 3.8) is 0 Å². The first-order valence-corrected chi connectivity index (χ1v) is 5.05. The molecule has 17 heavy (non-hydrogen) atoms. The van der Waals surface area contributed by atoms with E-state index >= 15 is 0 Å². The molecule has 0 aliphatic rings. The lowest BCUT2D eigenvalue weighted by Crippen LogP contribution is -2.39. The van der Waals surface area contributed by atoms with E-state index in [2.05, 4.69) is 0 Å². The number of aliphatic hydroxyl groups excluding tert-OH is 1. The van der Waals surface area contributed by atoms with Crippen LogP contribution in [-0.4, -0.2) is 17.4 Å². The number of hydrogen-bond acceptors (Lipinski definition) is 2. The van der Waals surface area contributed by atoms with Crippen molar-refractivity contribution in [1.82, 2.24) is 0 Å². The molecule has 1 aromatic carbocycles. The van der Waals surface area contributed by atoms with Crippen LogP contribution in [0.3, 0.4) is 0 Å². The lowest BCUT2D eigenvalue weighted by Gasteiger charge is -2.23. The standard InChI is InChI=1S/C9H7Cl2F4NO/c10-3-1-2-4(11)6(12)5(3)7(16)8(17)9(13,14)15/h1-2,7-8,17H,16H2/t7-,8-/m1/s1. The van der Waals surface area contributed by atoms with Gasteiger partial charge in [0.25, 0.3) is 0 Å². The van der Waals surface area contributed by atoms with Crippen LogP contribution in [0, 0.1) is 5.82 Å². The van der Waals surface area contributed by atoms with Crippen molar-refractivity contribution < 1.29 is 22.7 Å². The first-order chi connectivity index (χ1) is 7.66. The third kappa shape index (κ3) is 3.01. The van der Waals surface area contributed by atoms with Gasteiger partial charge in [-0.2, -0.15) is 13.2 Å². The summed E-state index contributed by atoms with van der Waals surface area (Å²) in [6.07, 6.45) is -7.90. The summed E-state index contributed by atoms with van der Waals surface area (Å²) in [4.78, 5) is 0. The molecule has 0 aliphatic carbocycles. The zero-order valence-corrected chi connectivity index (χ0v) is 9.61. The summed E-state index contributed by atoms with van der Waals surface area (Å²) in [5, 5.41) is 8.18. The van der Waals surface area contributed by atoms with Crippen molar-refractivity contribution in [1.29, 1.82) is 0 Å². The lowest BCUT2D eigenvalue weighted by molar-refractivity contribution is -0.210. The summed E-state index contributed by atoms with van der Waals surface area (Å²) in [5.74, 6) is -1.17. The molecule has 0 spiro atoms. The van der Waals surface area contributed by atoms with Gasteiger partial charge in [-0.3, -0.25) is 0 Å². The Bertz CT molecular complexity index is 424. The quantitative estimate of drug-likeness (QED) is 0.650. The molecule has 3 N–H and O–H groups in total. The Morgan fingerprint density at radius 3 is 2.12 bits per heavy atom. The SMILES string of the molecule is N[C@H](c1c(Cl)ccc(Cl)c1F)[C@@H](O)C(F)(F)F. The van der Waals surface area contributed by atoms with Gasteiger partial charge in [0.1, 0.15) is 5.82 Å². The molecule has 2 atom stereocenters. The Labute approximate surface area is 104 Å². The predicted octanol–water partition coefficient (Wildman–Crippen LogP) is 3.06. The fourth-order valence-corrected chi connectivity index (χ4v) is 1.65. The van der Waals surface area contributed by atoms with Gasteiger partial charge in [0, 0.05) is 10.6 Å². The Morgan fingerprint density at radius 1 is 1.18 bits per heavy atom. The van der Waals surface area contributed by atoms with Gasteiger partial charge in [0.15, 0.2) is 6.10 Å². The summed E-state index contributed by atoms with van der Waals surface area (Å²) in [6.45, 7) is 0. The maximum Gasteiger partial charge on any atom is 0.416 e. The summed E-state index contributed by atoms with van der Waals surface area (Å²) >= 11 is 10.9. The average molecular weight is 292 g/mol. The highest BCUT2D eigenvalue weighted by atomic mass is 35.5. The van der Waals surface area contributed by atoms with Gasteiger partial charge in [0.2, 0.25) is 0 Å². The monoisotopic (exact) mass is 291 g/mol. The molecule has 0 heterocycles. The molecule has 0 bridgehead atoms. The molecular weight excluding hydrogens is 285 g/mol. The van der Waals surface area contributed by atoms with Crippen LogP contribution in [0.25, 0.3) is 0 Å². The van der Waals surface area contributed by atoms with Crippen LogP contribution >= 0.6 is 23.2 Å². The minimum atomic E-state index is -4.97. The fourth-order valence-electron chi connectivity index (χ4n) is 1.21. The Balaban J connectivity index is 3.21. The molecule has 0 fully saturated rings. The number of halogens is 6. The predicted molar refractivity (Wildman–Crippen MR) is 55.4 cm³/mol. The van der Waals surface area contributed by atoms with Crippen LogP contribution in [0.4, 0.5) is 17.6 Å². The number of alkyl halides is 3. The number of rotatable bonds is 2. The molecular formula is C9H7Cl2F4NO. The van der Waals surface area contributed by atoms with Gasteiger partial charge in [0.05, 0.1) is 11.1 Å². The summed E-state index contributed by atoms with van der Waals surface area (Å²) in [6, 6.07) is 0.141. The van der Waals surface area contributed by atoms with Gasteiger partial charge >= 0.3 is 6.18 Å². The largest absolute Gasteiger partial charge is 0.416 e. The number of benzene rings is 1. The number of aliphatic hydroxyl groups is 1. The van der Waals surface area contributed by atoms with Crippen LogP contribution in [0.15, 0.2) is 12.1 Å². The maximum atomic E-state index is 13.5. The van der Waals surface area contributed by atoms with Crippen molar-refractivity contribution in [3.05, 3.63) is 33.6 Å². The minimum absolute atomic E-state index is 0.331. The second-order valence-electron chi connectivity index (χ2n) is 3.27.